The lowest BCUT2D eigenvalue weighted by Crippen LogP contribution is -2.31. The SMILES string of the molecule is Cc1cc(S(=O)(=O)N(C)CC(C)C#N)cc(N)c1C. The molecule has 6 heteroatoms. The Labute approximate surface area is 114 Å². The maximum Gasteiger partial charge on any atom is 0.242 e. The van der Waals surface area contributed by atoms with Crippen LogP contribution in [0, 0.1) is 31.1 Å². The molecule has 0 spiro atoms. The van der Waals surface area contributed by atoms with Gasteiger partial charge in [-0.1, -0.05) is 0 Å². The lowest BCUT2D eigenvalue weighted by molar-refractivity contribution is 0.439. The molecule has 0 saturated carbocycles. The first-order chi connectivity index (χ1) is 8.70. The maximum absolute atomic E-state index is 12.4. The van der Waals surface area contributed by atoms with Crippen LogP contribution in [0.5, 0.6) is 0 Å². The predicted octanol–water partition coefficient (Wildman–Crippen LogP) is 1.67. The minimum absolute atomic E-state index is 0.158. The summed E-state index contributed by atoms with van der Waals surface area (Å²) in [6, 6.07) is 5.09. The van der Waals surface area contributed by atoms with Crippen LogP contribution in [-0.2, 0) is 10.0 Å². The van der Waals surface area contributed by atoms with Crippen LogP contribution < -0.4 is 5.73 Å². The molecule has 0 radical (unpaired) electrons. The van der Waals surface area contributed by atoms with Crippen molar-refractivity contribution in [2.24, 2.45) is 5.92 Å². The zero-order chi connectivity index (χ0) is 14.8. The van der Waals surface area contributed by atoms with Gasteiger partial charge in [0.1, 0.15) is 0 Å². The molecule has 2 N–H and O–H groups in total. The third-order valence-corrected chi connectivity index (χ3v) is 4.94. The molecule has 0 bridgehead atoms. The summed E-state index contributed by atoms with van der Waals surface area (Å²) >= 11 is 0. The summed E-state index contributed by atoms with van der Waals surface area (Å²) in [5.74, 6) is -0.358. The Bertz CT molecular complexity index is 594. The van der Waals surface area contributed by atoms with Gasteiger partial charge in [-0.05, 0) is 44.0 Å². The molecule has 19 heavy (non-hydrogen) atoms. The molecule has 1 rings (SSSR count). The highest BCUT2D eigenvalue weighted by molar-refractivity contribution is 7.89. The van der Waals surface area contributed by atoms with E-state index in [1.807, 2.05) is 19.9 Å². The Morgan fingerprint density at radius 2 is 2.00 bits per heavy atom. The Kier molecular flexibility index (Phi) is 4.56. The van der Waals surface area contributed by atoms with Crippen molar-refractivity contribution >= 4 is 15.7 Å². The third kappa shape index (κ3) is 3.25. The smallest absolute Gasteiger partial charge is 0.242 e. The summed E-state index contributed by atoms with van der Waals surface area (Å²) < 4.78 is 25.9. The summed E-state index contributed by atoms with van der Waals surface area (Å²) in [5.41, 5.74) is 7.98. The van der Waals surface area contributed by atoms with Crippen molar-refractivity contribution < 1.29 is 8.42 Å². The molecule has 5 nitrogen and oxygen atoms in total. The number of hydrogen-bond donors (Lipinski definition) is 1. The van der Waals surface area contributed by atoms with Gasteiger partial charge < -0.3 is 5.73 Å². The van der Waals surface area contributed by atoms with E-state index in [0.29, 0.717) is 5.69 Å². The highest BCUT2D eigenvalue weighted by atomic mass is 32.2. The van der Waals surface area contributed by atoms with E-state index in [9.17, 15) is 8.42 Å². The molecule has 0 heterocycles. The van der Waals surface area contributed by atoms with Crippen molar-refractivity contribution in [1.82, 2.24) is 4.31 Å². The molecule has 0 amide bonds. The van der Waals surface area contributed by atoms with Gasteiger partial charge >= 0.3 is 0 Å². The molecular weight excluding hydrogens is 262 g/mol. The average Bonchev–Trinajstić information content (AvgIpc) is 2.34. The van der Waals surface area contributed by atoms with Gasteiger partial charge in [0.05, 0.1) is 16.9 Å². The van der Waals surface area contributed by atoms with E-state index in [0.717, 1.165) is 11.1 Å². The number of sulfonamides is 1. The molecule has 0 saturated heterocycles. The van der Waals surface area contributed by atoms with E-state index in [1.54, 1.807) is 13.0 Å². The van der Waals surface area contributed by atoms with E-state index in [4.69, 9.17) is 11.0 Å². The Hall–Kier alpha value is -1.58. The van der Waals surface area contributed by atoms with Gasteiger partial charge in [-0.25, -0.2) is 8.42 Å². The summed E-state index contributed by atoms with van der Waals surface area (Å²) in [6.45, 7) is 5.51. The Morgan fingerprint density at radius 3 is 2.47 bits per heavy atom. The van der Waals surface area contributed by atoms with Gasteiger partial charge in [-0.2, -0.15) is 9.57 Å². The van der Waals surface area contributed by atoms with Gasteiger partial charge in [-0.15, -0.1) is 0 Å². The number of anilines is 1. The third-order valence-electron chi connectivity index (χ3n) is 3.14. The normalized spacial score (nSPS) is 13.3. The van der Waals surface area contributed by atoms with Gasteiger partial charge in [0.2, 0.25) is 10.0 Å². The Morgan fingerprint density at radius 1 is 1.42 bits per heavy atom. The largest absolute Gasteiger partial charge is 0.398 e. The topological polar surface area (TPSA) is 87.2 Å². The monoisotopic (exact) mass is 281 g/mol. The number of rotatable bonds is 4. The van der Waals surface area contributed by atoms with Crippen molar-refractivity contribution in [3.05, 3.63) is 23.3 Å². The molecule has 1 aromatic rings. The van der Waals surface area contributed by atoms with E-state index >= 15 is 0 Å². The zero-order valence-electron chi connectivity index (χ0n) is 11.6. The number of hydrogen-bond acceptors (Lipinski definition) is 4. The van der Waals surface area contributed by atoms with Gasteiger partial charge in [0.15, 0.2) is 0 Å². The fourth-order valence-electron chi connectivity index (χ4n) is 1.71. The van der Waals surface area contributed by atoms with E-state index in [2.05, 4.69) is 0 Å². The van der Waals surface area contributed by atoms with E-state index in [1.165, 1.54) is 17.4 Å². The highest BCUT2D eigenvalue weighted by Crippen LogP contribution is 2.23. The first-order valence-corrected chi connectivity index (χ1v) is 7.36. The van der Waals surface area contributed by atoms with Crippen LogP contribution in [0.2, 0.25) is 0 Å². The van der Waals surface area contributed by atoms with Gasteiger partial charge in [0.25, 0.3) is 0 Å². The second kappa shape index (κ2) is 5.59. The summed E-state index contributed by atoms with van der Waals surface area (Å²) in [5, 5.41) is 8.75. The van der Waals surface area contributed by atoms with Crippen LogP contribution in [0.3, 0.4) is 0 Å². The molecule has 0 aromatic heterocycles. The van der Waals surface area contributed by atoms with Crippen LogP contribution in [0.25, 0.3) is 0 Å². The molecule has 1 atom stereocenters. The van der Waals surface area contributed by atoms with Crippen molar-refractivity contribution in [2.75, 3.05) is 19.3 Å². The Balaban J connectivity index is 3.18. The average molecular weight is 281 g/mol. The number of nitrogens with two attached hydrogens (primary N) is 1. The minimum Gasteiger partial charge on any atom is -0.398 e. The van der Waals surface area contributed by atoms with Crippen LogP contribution in [0.4, 0.5) is 5.69 Å². The van der Waals surface area contributed by atoms with Crippen LogP contribution in [0.1, 0.15) is 18.1 Å². The van der Waals surface area contributed by atoms with Gasteiger partial charge in [-0.3, -0.25) is 0 Å². The van der Waals surface area contributed by atoms with Crippen LogP contribution in [-0.4, -0.2) is 26.3 Å². The van der Waals surface area contributed by atoms with E-state index in [-0.39, 0.29) is 17.4 Å². The predicted molar refractivity (Wildman–Crippen MR) is 74.9 cm³/mol. The molecule has 0 aliphatic rings. The molecule has 0 aliphatic heterocycles. The van der Waals surface area contributed by atoms with Crippen molar-refractivity contribution in [3.63, 3.8) is 0 Å². The molecule has 104 valence electrons. The second-order valence-corrected chi connectivity index (χ2v) is 6.81. The van der Waals surface area contributed by atoms with E-state index < -0.39 is 10.0 Å². The molecule has 0 fully saturated rings. The lowest BCUT2D eigenvalue weighted by Gasteiger charge is -2.19. The molecule has 1 unspecified atom stereocenters. The molecular formula is C13H19N3O2S. The molecule has 1 aromatic carbocycles. The first kappa shape index (κ1) is 15.5. The number of nitrogens with zero attached hydrogens (tertiary/aromatic N) is 2. The first-order valence-electron chi connectivity index (χ1n) is 5.92. The van der Waals surface area contributed by atoms with Crippen LogP contribution in [0.15, 0.2) is 17.0 Å². The summed E-state index contributed by atoms with van der Waals surface area (Å²) in [4.78, 5) is 0.167. The minimum atomic E-state index is -3.60. The highest BCUT2D eigenvalue weighted by Gasteiger charge is 2.23. The molecule has 0 aliphatic carbocycles. The van der Waals surface area contributed by atoms with Crippen molar-refractivity contribution in [3.8, 4) is 6.07 Å². The number of nitrogen functional groups attached to an aromatic ring is 1. The fourth-order valence-corrected chi connectivity index (χ4v) is 3.09. The van der Waals surface area contributed by atoms with Crippen LogP contribution >= 0.6 is 0 Å². The number of aryl methyl sites for hydroxylation is 1. The lowest BCUT2D eigenvalue weighted by atomic mass is 10.1. The number of nitriles is 1. The standard InChI is InChI=1S/C13H19N3O2S/c1-9(7-14)8-16(4)19(17,18)12-5-10(2)11(3)13(15)6-12/h5-6,9H,8,15H2,1-4H3. The number of benzene rings is 1. The second-order valence-electron chi connectivity index (χ2n) is 4.77. The van der Waals surface area contributed by atoms with Crippen molar-refractivity contribution in [2.45, 2.75) is 25.7 Å². The fraction of sp³-hybridized carbons (Fsp3) is 0.462. The zero-order valence-corrected chi connectivity index (χ0v) is 12.5. The summed E-state index contributed by atoms with van der Waals surface area (Å²) in [6.07, 6.45) is 0. The van der Waals surface area contributed by atoms with Gasteiger partial charge in [0, 0.05) is 19.3 Å². The van der Waals surface area contributed by atoms with Crippen molar-refractivity contribution in [1.29, 1.82) is 5.26 Å². The quantitative estimate of drug-likeness (QED) is 0.850. The summed E-state index contributed by atoms with van der Waals surface area (Å²) in [7, 11) is -2.14. The maximum atomic E-state index is 12.4.